The van der Waals surface area contributed by atoms with Crippen LogP contribution in [0.1, 0.15) is 94.7 Å². The van der Waals surface area contributed by atoms with E-state index in [2.05, 4.69) is 20.4 Å². The molecule has 1 aliphatic rings. The molecular formula is C35H43ClO6. The van der Waals surface area contributed by atoms with Crippen LogP contribution in [-0.4, -0.2) is 24.2 Å². The van der Waals surface area contributed by atoms with Gasteiger partial charge in [0.05, 0.1) is 12.1 Å². The number of methoxy groups -OCH3 is 1. The highest BCUT2D eigenvalue weighted by molar-refractivity contribution is 6.34. The zero-order valence-electron chi connectivity index (χ0n) is 25.0. The van der Waals surface area contributed by atoms with Crippen molar-refractivity contribution in [1.82, 2.24) is 0 Å². The molecule has 3 rings (SSSR count). The maximum absolute atomic E-state index is 12.2. The molecule has 7 heteroatoms. The lowest BCUT2D eigenvalue weighted by Crippen LogP contribution is -2.11. The average molecular weight is 595 g/mol. The quantitative estimate of drug-likeness (QED) is 0.0552. The Kier molecular flexibility index (Phi) is 13.2. The molecule has 226 valence electrons. The minimum Gasteiger partial charge on any atom is -0.496 e. The number of esters is 1. The fourth-order valence-corrected chi connectivity index (χ4v) is 5.55. The summed E-state index contributed by atoms with van der Waals surface area (Å²) in [7, 11) is 1.63. The van der Waals surface area contributed by atoms with Crippen LogP contribution in [0.2, 0.25) is 5.02 Å². The van der Waals surface area contributed by atoms with E-state index in [-0.39, 0.29) is 12.6 Å². The molecule has 42 heavy (non-hydrogen) atoms. The number of carboxylic acid groups (broad SMARTS) is 1. The normalized spacial score (nSPS) is 15.8. The van der Waals surface area contributed by atoms with E-state index in [9.17, 15) is 14.7 Å². The topological polar surface area (TPSA) is 82.1 Å². The summed E-state index contributed by atoms with van der Waals surface area (Å²) in [5.41, 5.74) is 4.41. The van der Waals surface area contributed by atoms with Crippen LogP contribution in [0, 0.1) is 5.92 Å². The van der Waals surface area contributed by atoms with E-state index in [1.807, 2.05) is 18.2 Å². The van der Waals surface area contributed by atoms with Gasteiger partial charge in [0, 0.05) is 23.6 Å². The second-order valence-corrected chi connectivity index (χ2v) is 11.2. The molecule has 2 aromatic carbocycles. The number of halogens is 1. The molecule has 0 aliphatic heterocycles. The summed E-state index contributed by atoms with van der Waals surface area (Å²) in [4.78, 5) is 23.4. The molecule has 0 radical (unpaired) electrons. The third kappa shape index (κ3) is 9.80. The summed E-state index contributed by atoms with van der Waals surface area (Å²) in [6.07, 6.45) is 12.4. The summed E-state index contributed by atoms with van der Waals surface area (Å²) >= 11 is 6.94. The van der Waals surface area contributed by atoms with Gasteiger partial charge in [-0.25, -0.2) is 4.79 Å². The first-order valence-corrected chi connectivity index (χ1v) is 15.2. The molecule has 2 aromatic rings. The van der Waals surface area contributed by atoms with Gasteiger partial charge in [-0.1, -0.05) is 74.6 Å². The molecule has 0 bridgehead atoms. The first-order chi connectivity index (χ1) is 20.2. The number of ether oxygens (including phenoxy) is 3. The number of hydrogen-bond donors (Lipinski definition) is 1. The van der Waals surface area contributed by atoms with Crippen molar-refractivity contribution in [3.63, 3.8) is 0 Å². The smallest absolute Gasteiger partial charge is 0.328 e. The SMILES string of the molecule is C=C1CCCC(/C(C)=C(\OC)c2ccc(/C=C/C(=O)O)c(OCc3ccc(OC(=O)CCCCCCC)cc3)c2Cl)C1. The van der Waals surface area contributed by atoms with Crippen molar-refractivity contribution >= 4 is 35.4 Å². The van der Waals surface area contributed by atoms with Crippen LogP contribution >= 0.6 is 11.6 Å². The Morgan fingerprint density at radius 2 is 1.83 bits per heavy atom. The Bertz CT molecular complexity index is 1290. The van der Waals surface area contributed by atoms with Gasteiger partial charge >= 0.3 is 11.9 Å². The van der Waals surface area contributed by atoms with Crippen molar-refractivity contribution in [3.05, 3.63) is 81.9 Å². The number of carbonyl (C=O) groups is 2. The maximum Gasteiger partial charge on any atom is 0.328 e. The van der Waals surface area contributed by atoms with Crippen molar-refractivity contribution < 1.29 is 28.9 Å². The van der Waals surface area contributed by atoms with Gasteiger partial charge in [0.2, 0.25) is 0 Å². The van der Waals surface area contributed by atoms with Gasteiger partial charge in [0.1, 0.15) is 23.9 Å². The number of aliphatic carboxylic acids is 1. The monoisotopic (exact) mass is 594 g/mol. The van der Waals surface area contributed by atoms with Gasteiger partial charge in [0.15, 0.2) is 0 Å². The lowest BCUT2D eigenvalue weighted by atomic mass is 9.81. The summed E-state index contributed by atoms with van der Waals surface area (Å²) in [5.74, 6) is 0.553. The third-order valence-electron chi connectivity index (χ3n) is 7.59. The number of benzene rings is 2. The Morgan fingerprint density at radius 3 is 2.50 bits per heavy atom. The number of rotatable bonds is 15. The van der Waals surface area contributed by atoms with E-state index in [0.717, 1.165) is 62.2 Å². The Hall–Kier alpha value is -3.51. The maximum atomic E-state index is 12.2. The van der Waals surface area contributed by atoms with E-state index in [0.29, 0.717) is 45.7 Å². The van der Waals surface area contributed by atoms with E-state index in [1.54, 1.807) is 25.3 Å². The lowest BCUT2D eigenvalue weighted by molar-refractivity contribution is -0.134. The number of hydrogen-bond acceptors (Lipinski definition) is 5. The molecule has 0 spiro atoms. The van der Waals surface area contributed by atoms with Gasteiger partial charge in [-0.2, -0.15) is 0 Å². The van der Waals surface area contributed by atoms with Crippen molar-refractivity contribution in [2.75, 3.05) is 7.11 Å². The van der Waals surface area contributed by atoms with E-state index in [4.69, 9.17) is 25.8 Å². The van der Waals surface area contributed by atoms with Crippen molar-refractivity contribution in [2.45, 2.75) is 84.7 Å². The zero-order chi connectivity index (χ0) is 30.5. The lowest BCUT2D eigenvalue weighted by Gasteiger charge is -2.26. The van der Waals surface area contributed by atoms with Crippen molar-refractivity contribution in [2.24, 2.45) is 5.92 Å². The van der Waals surface area contributed by atoms with Crippen LogP contribution in [0.4, 0.5) is 0 Å². The van der Waals surface area contributed by atoms with Gasteiger partial charge in [-0.15, -0.1) is 0 Å². The summed E-state index contributed by atoms with van der Waals surface area (Å²) in [5, 5.41) is 9.55. The first kappa shape index (κ1) is 33.0. The van der Waals surface area contributed by atoms with Gasteiger partial charge < -0.3 is 19.3 Å². The molecule has 1 N–H and O–H groups in total. The molecule has 0 saturated heterocycles. The molecule has 1 aliphatic carbocycles. The number of carboxylic acids is 1. The largest absolute Gasteiger partial charge is 0.496 e. The molecule has 1 atom stereocenters. The second kappa shape index (κ2) is 16.8. The van der Waals surface area contributed by atoms with Gasteiger partial charge in [-0.05, 0) is 80.4 Å². The summed E-state index contributed by atoms with van der Waals surface area (Å²) in [6, 6.07) is 10.8. The second-order valence-electron chi connectivity index (χ2n) is 10.8. The number of unbranched alkanes of at least 4 members (excludes halogenated alkanes) is 4. The van der Waals surface area contributed by atoms with Gasteiger partial charge in [-0.3, -0.25) is 4.79 Å². The van der Waals surface area contributed by atoms with E-state index < -0.39 is 5.97 Å². The number of allylic oxidation sites excluding steroid dienone is 2. The molecule has 0 aromatic heterocycles. The predicted octanol–water partition coefficient (Wildman–Crippen LogP) is 9.41. The van der Waals surface area contributed by atoms with Crippen LogP contribution in [-0.2, 0) is 20.9 Å². The van der Waals surface area contributed by atoms with Crippen LogP contribution in [0.5, 0.6) is 11.5 Å². The highest BCUT2D eigenvalue weighted by Crippen LogP contribution is 2.41. The minimum atomic E-state index is -1.07. The molecule has 1 fully saturated rings. The van der Waals surface area contributed by atoms with Crippen LogP contribution in [0.25, 0.3) is 11.8 Å². The fraction of sp³-hybridized carbons (Fsp3) is 0.429. The molecule has 1 unspecified atom stereocenters. The third-order valence-corrected chi connectivity index (χ3v) is 7.97. The standard InChI is InChI=1S/C35H43ClO6/c1-5-6-7-8-9-13-32(39)42-29-18-14-26(15-19-29)23-41-35-27(17-21-31(37)38)16-20-30(33(35)36)34(40-4)25(3)28-12-10-11-24(2)22-28/h14-21,28H,2,5-13,22-23H2,1,3-4H3,(H,37,38)/b21-17+,34-25-. The van der Waals surface area contributed by atoms with E-state index in [1.165, 1.54) is 24.5 Å². The molecule has 6 nitrogen and oxygen atoms in total. The van der Waals surface area contributed by atoms with Crippen LogP contribution in [0.15, 0.2) is 60.2 Å². The van der Waals surface area contributed by atoms with Crippen LogP contribution < -0.4 is 9.47 Å². The predicted molar refractivity (Wildman–Crippen MR) is 169 cm³/mol. The summed E-state index contributed by atoms with van der Waals surface area (Å²) < 4.78 is 17.5. The van der Waals surface area contributed by atoms with Crippen LogP contribution in [0.3, 0.4) is 0 Å². The highest BCUT2D eigenvalue weighted by atomic mass is 35.5. The zero-order valence-corrected chi connectivity index (χ0v) is 25.8. The van der Waals surface area contributed by atoms with E-state index >= 15 is 0 Å². The first-order valence-electron chi connectivity index (χ1n) is 14.8. The van der Waals surface area contributed by atoms with Gasteiger partial charge in [0.25, 0.3) is 0 Å². The molecule has 0 amide bonds. The van der Waals surface area contributed by atoms with Crippen molar-refractivity contribution in [1.29, 1.82) is 0 Å². The molecule has 0 heterocycles. The molecular weight excluding hydrogens is 552 g/mol. The summed E-state index contributed by atoms with van der Waals surface area (Å²) in [6.45, 7) is 8.59. The Labute approximate surface area is 255 Å². The highest BCUT2D eigenvalue weighted by Gasteiger charge is 2.24. The minimum absolute atomic E-state index is 0.177. The average Bonchev–Trinajstić information content (AvgIpc) is 2.97. The van der Waals surface area contributed by atoms with Crippen molar-refractivity contribution in [3.8, 4) is 11.5 Å². The molecule has 1 saturated carbocycles. The Morgan fingerprint density at radius 1 is 1.10 bits per heavy atom. The fourth-order valence-electron chi connectivity index (χ4n) is 5.24. The Balaban J connectivity index is 1.78. The number of carbonyl (C=O) groups excluding carboxylic acids is 1.